The van der Waals surface area contributed by atoms with Crippen LogP contribution in [0.25, 0.3) is 0 Å². The summed E-state index contributed by atoms with van der Waals surface area (Å²) < 4.78 is 0. The first-order valence-electron chi connectivity index (χ1n) is 8.46. The molecule has 1 aliphatic carbocycles. The Morgan fingerprint density at radius 1 is 1.09 bits per heavy atom. The molecule has 0 saturated heterocycles. The van der Waals surface area contributed by atoms with E-state index in [4.69, 9.17) is 11.6 Å². The molecule has 0 fully saturated rings. The Kier molecular flexibility index (Phi) is 3.69. The van der Waals surface area contributed by atoms with E-state index < -0.39 is 0 Å². The zero-order valence-corrected chi connectivity index (χ0v) is 14.3. The molecule has 3 atom stereocenters. The monoisotopic (exact) mass is 323 g/mol. The highest BCUT2D eigenvalue weighted by atomic mass is 35.5. The van der Waals surface area contributed by atoms with E-state index in [0.29, 0.717) is 23.8 Å². The molecule has 23 heavy (non-hydrogen) atoms. The van der Waals surface area contributed by atoms with Crippen molar-refractivity contribution < 1.29 is 0 Å². The van der Waals surface area contributed by atoms with Crippen LogP contribution in [0.15, 0.2) is 54.6 Å². The average Bonchev–Trinajstić information content (AvgIpc) is 3.04. The maximum Gasteiger partial charge on any atom is 0.0553 e. The minimum atomic E-state index is 0.366. The normalized spacial score (nSPS) is 25.1. The van der Waals surface area contributed by atoms with Gasteiger partial charge in [-0.05, 0) is 53.1 Å². The quantitative estimate of drug-likeness (QED) is 0.640. The highest BCUT2D eigenvalue weighted by Crippen LogP contribution is 2.50. The van der Waals surface area contributed by atoms with Gasteiger partial charge in [0.05, 0.1) is 6.04 Å². The second kappa shape index (κ2) is 5.72. The second-order valence-electron chi connectivity index (χ2n) is 7.03. The Bertz CT molecular complexity index is 745. The van der Waals surface area contributed by atoms with Crippen molar-refractivity contribution in [2.45, 2.75) is 38.1 Å². The Labute approximate surface area is 143 Å². The maximum absolute atomic E-state index is 6.22. The third-order valence-corrected chi connectivity index (χ3v) is 5.52. The molecule has 1 nitrogen and oxygen atoms in total. The molecule has 1 N–H and O–H groups in total. The molecule has 2 aromatic carbocycles. The first kappa shape index (κ1) is 14.8. The molecule has 0 amide bonds. The third-order valence-electron chi connectivity index (χ3n) is 5.29. The molecule has 4 rings (SSSR count). The molecule has 2 heteroatoms. The zero-order valence-electron chi connectivity index (χ0n) is 13.6. The van der Waals surface area contributed by atoms with Gasteiger partial charge in [-0.25, -0.2) is 0 Å². The van der Waals surface area contributed by atoms with Gasteiger partial charge in [0.2, 0.25) is 0 Å². The summed E-state index contributed by atoms with van der Waals surface area (Å²) in [7, 11) is 0. The van der Waals surface area contributed by atoms with E-state index >= 15 is 0 Å². The fourth-order valence-electron chi connectivity index (χ4n) is 3.98. The van der Waals surface area contributed by atoms with Crippen LogP contribution in [0.3, 0.4) is 0 Å². The number of halogens is 1. The molecule has 0 unspecified atom stereocenters. The van der Waals surface area contributed by atoms with Crippen molar-refractivity contribution in [3.05, 3.63) is 76.3 Å². The second-order valence-corrected chi connectivity index (χ2v) is 7.46. The van der Waals surface area contributed by atoms with Gasteiger partial charge >= 0.3 is 0 Å². The van der Waals surface area contributed by atoms with Gasteiger partial charge in [-0.15, -0.1) is 0 Å². The van der Waals surface area contributed by atoms with Crippen molar-refractivity contribution in [2.75, 3.05) is 5.32 Å². The third kappa shape index (κ3) is 2.57. The lowest BCUT2D eigenvalue weighted by Crippen LogP contribution is -2.29. The summed E-state index contributed by atoms with van der Waals surface area (Å²) in [6.45, 7) is 4.48. The minimum absolute atomic E-state index is 0.366. The molecule has 0 spiro atoms. The van der Waals surface area contributed by atoms with E-state index in [0.717, 1.165) is 11.4 Å². The van der Waals surface area contributed by atoms with E-state index in [1.54, 1.807) is 0 Å². The number of allylic oxidation sites excluding steroid dienone is 2. The van der Waals surface area contributed by atoms with E-state index in [1.165, 1.54) is 22.4 Å². The van der Waals surface area contributed by atoms with Gasteiger partial charge in [0.25, 0.3) is 0 Å². The van der Waals surface area contributed by atoms with Crippen molar-refractivity contribution in [2.24, 2.45) is 5.92 Å². The fraction of sp³-hybridized carbons (Fsp3) is 0.333. The van der Waals surface area contributed by atoms with Gasteiger partial charge in [-0.1, -0.05) is 61.9 Å². The van der Waals surface area contributed by atoms with E-state index in [1.807, 2.05) is 6.07 Å². The van der Waals surface area contributed by atoms with Crippen molar-refractivity contribution in [3.8, 4) is 0 Å². The SMILES string of the molecule is CC(C)c1ccc([C@@H]2Nc3ccc(Cl)cc3[C@@H]3C=CC[C@@H]32)cc1. The first-order chi connectivity index (χ1) is 11.1. The van der Waals surface area contributed by atoms with Gasteiger partial charge in [0.15, 0.2) is 0 Å². The molecular formula is C21H22ClN. The van der Waals surface area contributed by atoms with Crippen molar-refractivity contribution in [3.63, 3.8) is 0 Å². The van der Waals surface area contributed by atoms with Crippen LogP contribution in [0.5, 0.6) is 0 Å². The predicted molar refractivity (Wildman–Crippen MR) is 98.3 cm³/mol. The summed E-state index contributed by atoms with van der Waals surface area (Å²) >= 11 is 6.22. The lowest BCUT2D eigenvalue weighted by Gasteiger charge is -2.37. The van der Waals surface area contributed by atoms with Crippen LogP contribution in [0, 0.1) is 5.92 Å². The molecule has 1 aliphatic heterocycles. The number of anilines is 1. The summed E-state index contributed by atoms with van der Waals surface area (Å²) in [6, 6.07) is 15.7. The Hall–Kier alpha value is -1.73. The Balaban J connectivity index is 1.71. The molecule has 2 aliphatic rings. The molecule has 0 bridgehead atoms. The van der Waals surface area contributed by atoms with Crippen LogP contribution in [0.2, 0.25) is 5.02 Å². The van der Waals surface area contributed by atoms with Gasteiger partial charge < -0.3 is 5.32 Å². The Morgan fingerprint density at radius 2 is 1.87 bits per heavy atom. The van der Waals surface area contributed by atoms with Crippen molar-refractivity contribution in [1.29, 1.82) is 0 Å². The topological polar surface area (TPSA) is 12.0 Å². The fourth-order valence-corrected chi connectivity index (χ4v) is 4.16. The van der Waals surface area contributed by atoms with Crippen molar-refractivity contribution in [1.82, 2.24) is 0 Å². The number of hydrogen-bond donors (Lipinski definition) is 1. The summed E-state index contributed by atoms with van der Waals surface area (Å²) in [5.41, 5.74) is 5.35. The van der Waals surface area contributed by atoms with Crippen LogP contribution in [-0.4, -0.2) is 0 Å². The number of nitrogens with one attached hydrogen (secondary N) is 1. The highest BCUT2D eigenvalue weighted by molar-refractivity contribution is 6.30. The number of rotatable bonds is 2. The smallest absolute Gasteiger partial charge is 0.0553 e. The lowest BCUT2D eigenvalue weighted by molar-refractivity contribution is 0.425. The van der Waals surface area contributed by atoms with Gasteiger partial charge in [-0.3, -0.25) is 0 Å². The molecule has 0 saturated carbocycles. The molecule has 0 aromatic heterocycles. The summed E-state index contributed by atoms with van der Waals surface area (Å²) in [6.07, 6.45) is 5.80. The van der Waals surface area contributed by atoms with Crippen LogP contribution in [0.1, 0.15) is 54.8 Å². The largest absolute Gasteiger partial charge is 0.378 e. The summed E-state index contributed by atoms with van der Waals surface area (Å²) in [4.78, 5) is 0. The zero-order chi connectivity index (χ0) is 16.0. The van der Waals surface area contributed by atoms with Crippen LogP contribution in [0.4, 0.5) is 5.69 Å². The average molecular weight is 324 g/mol. The molecule has 118 valence electrons. The Morgan fingerprint density at radius 3 is 2.61 bits per heavy atom. The molecule has 2 aromatic rings. The minimum Gasteiger partial charge on any atom is -0.378 e. The van der Waals surface area contributed by atoms with E-state index in [-0.39, 0.29) is 0 Å². The van der Waals surface area contributed by atoms with Gasteiger partial charge in [-0.2, -0.15) is 0 Å². The molecule has 1 heterocycles. The maximum atomic E-state index is 6.22. The lowest BCUT2D eigenvalue weighted by atomic mass is 9.77. The number of benzene rings is 2. The summed E-state index contributed by atoms with van der Waals surface area (Å²) in [5, 5.41) is 4.59. The first-order valence-corrected chi connectivity index (χ1v) is 8.84. The standard InChI is InChI=1S/C21H22ClN/c1-13(2)14-6-8-15(9-7-14)21-18-5-3-4-17(18)19-12-16(22)10-11-20(19)23-21/h3-4,6-13,17-18,21,23H,5H2,1-2H3/t17-,18+,21+/m1/s1. The number of hydrogen-bond acceptors (Lipinski definition) is 1. The van der Waals surface area contributed by atoms with E-state index in [9.17, 15) is 0 Å². The van der Waals surface area contributed by atoms with Gasteiger partial charge in [0, 0.05) is 16.6 Å². The number of fused-ring (bicyclic) bond motifs is 3. The molecular weight excluding hydrogens is 302 g/mol. The van der Waals surface area contributed by atoms with Crippen LogP contribution >= 0.6 is 11.6 Å². The van der Waals surface area contributed by atoms with E-state index in [2.05, 4.69) is 67.7 Å². The van der Waals surface area contributed by atoms with Crippen molar-refractivity contribution >= 4 is 17.3 Å². The predicted octanol–water partition coefficient (Wildman–Crippen LogP) is 6.29. The molecule has 0 radical (unpaired) electrons. The summed E-state index contributed by atoms with van der Waals surface area (Å²) in [5.74, 6) is 1.62. The van der Waals surface area contributed by atoms with Crippen LogP contribution in [-0.2, 0) is 0 Å². The highest BCUT2D eigenvalue weighted by Gasteiger charge is 2.37. The van der Waals surface area contributed by atoms with Crippen LogP contribution < -0.4 is 5.32 Å². The van der Waals surface area contributed by atoms with Gasteiger partial charge in [0.1, 0.15) is 0 Å².